The molecule has 1 atom stereocenters. The van der Waals surface area contributed by atoms with Crippen molar-refractivity contribution in [3.05, 3.63) is 102 Å². The van der Waals surface area contributed by atoms with Crippen LogP contribution < -0.4 is 10.6 Å². The predicted molar refractivity (Wildman–Crippen MR) is 146 cm³/mol. The van der Waals surface area contributed by atoms with E-state index < -0.39 is 5.97 Å². The first-order valence-electron chi connectivity index (χ1n) is 12.5. The van der Waals surface area contributed by atoms with Gasteiger partial charge < -0.3 is 15.4 Å². The molecule has 0 aliphatic carbocycles. The van der Waals surface area contributed by atoms with Gasteiger partial charge in [-0.1, -0.05) is 30.3 Å². The average Bonchev–Trinajstić information content (AvgIpc) is 2.93. The van der Waals surface area contributed by atoms with Crippen LogP contribution in [0.4, 0.5) is 11.4 Å². The number of anilines is 2. The molecule has 2 heterocycles. The number of ether oxygens (including phenoxy) is 1. The fourth-order valence-electron chi connectivity index (χ4n) is 4.90. The Bertz CT molecular complexity index is 1420. The third-order valence-corrected chi connectivity index (χ3v) is 6.68. The van der Waals surface area contributed by atoms with Crippen molar-refractivity contribution in [3.8, 4) is 0 Å². The number of esters is 1. The molecule has 1 saturated heterocycles. The summed E-state index contributed by atoms with van der Waals surface area (Å²) in [4.78, 5) is 31.3. The Balaban J connectivity index is 1.22. The molecular formula is C30H30N4O3. The van der Waals surface area contributed by atoms with E-state index in [1.807, 2.05) is 30.6 Å². The van der Waals surface area contributed by atoms with Gasteiger partial charge in [0.2, 0.25) is 0 Å². The average molecular weight is 495 g/mol. The van der Waals surface area contributed by atoms with E-state index in [4.69, 9.17) is 4.74 Å². The van der Waals surface area contributed by atoms with E-state index in [1.165, 1.54) is 12.5 Å². The molecule has 0 saturated carbocycles. The Morgan fingerprint density at radius 2 is 1.86 bits per heavy atom. The van der Waals surface area contributed by atoms with Crippen molar-refractivity contribution in [2.45, 2.75) is 25.4 Å². The summed E-state index contributed by atoms with van der Waals surface area (Å²) in [5, 5.41) is 9.03. The molecule has 1 aliphatic rings. The Kier molecular flexibility index (Phi) is 7.42. The van der Waals surface area contributed by atoms with Crippen molar-refractivity contribution in [1.29, 1.82) is 0 Å². The molecule has 1 amide bonds. The topological polar surface area (TPSA) is 83.6 Å². The summed E-state index contributed by atoms with van der Waals surface area (Å²) in [5.74, 6) is -0.737. The fraction of sp³-hybridized carbons (Fsp3) is 0.233. The van der Waals surface area contributed by atoms with Crippen LogP contribution in [-0.2, 0) is 11.3 Å². The van der Waals surface area contributed by atoms with Crippen LogP contribution in [0.25, 0.3) is 10.8 Å². The SMILES string of the molecule is COC(=O)c1cccc(C(=O)Nc2cccc(CN3CCCC(Nc4cccc5cnccc45)C3)c2)c1. The van der Waals surface area contributed by atoms with E-state index in [0.29, 0.717) is 17.2 Å². The van der Waals surface area contributed by atoms with Gasteiger partial charge in [-0.2, -0.15) is 0 Å². The van der Waals surface area contributed by atoms with E-state index in [0.717, 1.165) is 54.8 Å². The van der Waals surface area contributed by atoms with E-state index in [1.54, 1.807) is 24.3 Å². The van der Waals surface area contributed by atoms with Crippen molar-refractivity contribution in [3.63, 3.8) is 0 Å². The van der Waals surface area contributed by atoms with Gasteiger partial charge in [0.15, 0.2) is 0 Å². The minimum atomic E-state index is -0.469. The monoisotopic (exact) mass is 494 g/mol. The van der Waals surface area contributed by atoms with Crippen LogP contribution >= 0.6 is 0 Å². The number of carbonyl (C=O) groups excluding carboxylic acids is 2. The van der Waals surface area contributed by atoms with Gasteiger partial charge in [-0.25, -0.2) is 4.79 Å². The quantitative estimate of drug-likeness (QED) is 0.337. The molecule has 7 heteroatoms. The lowest BCUT2D eigenvalue weighted by Gasteiger charge is -2.34. The normalized spacial score (nSPS) is 15.8. The van der Waals surface area contributed by atoms with Gasteiger partial charge in [-0.05, 0) is 67.4 Å². The first-order valence-corrected chi connectivity index (χ1v) is 12.5. The number of amides is 1. The summed E-state index contributed by atoms with van der Waals surface area (Å²) in [7, 11) is 1.32. The zero-order valence-corrected chi connectivity index (χ0v) is 20.8. The lowest BCUT2D eigenvalue weighted by Crippen LogP contribution is -2.41. The third kappa shape index (κ3) is 5.95. The highest BCUT2D eigenvalue weighted by Crippen LogP contribution is 2.25. The lowest BCUT2D eigenvalue weighted by atomic mass is 10.0. The smallest absolute Gasteiger partial charge is 0.337 e. The number of benzene rings is 3. The lowest BCUT2D eigenvalue weighted by molar-refractivity contribution is 0.0600. The molecule has 0 radical (unpaired) electrons. The van der Waals surface area contributed by atoms with Crippen LogP contribution in [-0.4, -0.2) is 48.0 Å². The van der Waals surface area contributed by atoms with Gasteiger partial charge in [0.05, 0.1) is 12.7 Å². The van der Waals surface area contributed by atoms with Gasteiger partial charge in [-0.3, -0.25) is 14.7 Å². The molecule has 1 aromatic heterocycles. The molecule has 3 aromatic carbocycles. The number of nitrogens with zero attached hydrogens (tertiary/aromatic N) is 2. The number of nitrogens with one attached hydrogen (secondary N) is 2. The largest absolute Gasteiger partial charge is 0.465 e. The predicted octanol–water partition coefficient (Wildman–Crippen LogP) is 5.35. The summed E-state index contributed by atoms with van der Waals surface area (Å²) in [5.41, 5.74) is 3.76. The van der Waals surface area contributed by atoms with E-state index in [-0.39, 0.29) is 5.91 Å². The van der Waals surface area contributed by atoms with Crippen molar-refractivity contribution in [1.82, 2.24) is 9.88 Å². The number of aromatic nitrogens is 1. The van der Waals surface area contributed by atoms with Gasteiger partial charge >= 0.3 is 5.97 Å². The number of piperidine rings is 1. The minimum absolute atomic E-state index is 0.268. The number of hydrogen-bond donors (Lipinski definition) is 2. The first-order chi connectivity index (χ1) is 18.1. The van der Waals surface area contributed by atoms with Crippen LogP contribution in [0.1, 0.15) is 39.1 Å². The fourth-order valence-corrected chi connectivity index (χ4v) is 4.90. The minimum Gasteiger partial charge on any atom is -0.465 e. The Morgan fingerprint density at radius 3 is 2.76 bits per heavy atom. The Hall–Kier alpha value is -4.23. The second-order valence-electron chi connectivity index (χ2n) is 9.35. The standard InChI is InChI=1S/C30H30N4O3/c1-37-30(36)23-8-3-7-22(17-23)29(35)33-25-10-2-6-21(16-25)19-34-15-5-11-26(20-34)32-28-12-4-9-24-18-31-14-13-27(24)28/h2-4,6-10,12-14,16-18,26,32H,5,11,15,19-20H2,1H3,(H,33,35). The molecule has 0 bridgehead atoms. The highest BCUT2D eigenvalue weighted by molar-refractivity contribution is 6.05. The van der Waals surface area contributed by atoms with Crippen LogP contribution in [0.15, 0.2) is 85.2 Å². The molecule has 37 heavy (non-hydrogen) atoms. The Labute approximate surface area is 216 Å². The number of methoxy groups -OCH3 is 1. The van der Waals surface area contributed by atoms with Gasteiger partial charge in [-0.15, -0.1) is 0 Å². The molecular weight excluding hydrogens is 464 g/mol. The number of pyridine rings is 1. The number of carbonyl (C=O) groups is 2. The summed E-state index contributed by atoms with van der Waals surface area (Å²) in [6.45, 7) is 2.78. The summed E-state index contributed by atoms with van der Waals surface area (Å²) < 4.78 is 4.75. The summed E-state index contributed by atoms with van der Waals surface area (Å²) in [6.07, 6.45) is 5.98. The number of rotatable bonds is 7. The van der Waals surface area contributed by atoms with E-state index in [2.05, 4.69) is 50.8 Å². The van der Waals surface area contributed by atoms with E-state index in [9.17, 15) is 9.59 Å². The zero-order chi connectivity index (χ0) is 25.6. The molecule has 0 spiro atoms. The summed E-state index contributed by atoms with van der Waals surface area (Å²) in [6, 6.07) is 23.2. The third-order valence-electron chi connectivity index (χ3n) is 6.68. The number of likely N-dealkylation sites (tertiary alicyclic amines) is 1. The van der Waals surface area contributed by atoms with Crippen LogP contribution in [0.3, 0.4) is 0 Å². The number of hydrogen-bond acceptors (Lipinski definition) is 6. The molecule has 1 unspecified atom stereocenters. The van der Waals surface area contributed by atoms with Crippen molar-refractivity contribution < 1.29 is 14.3 Å². The Morgan fingerprint density at radius 1 is 1.03 bits per heavy atom. The molecule has 188 valence electrons. The molecule has 1 fully saturated rings. The van der Waals surface area contributed by atoms with Crippen molar-refractivity contribution in [2.75, 3.05) is 30.8 Å². The van der Waals surface area contributed by atoms with Crippen LogP contribution in [0, 0.1) is 0 Å². The highest BCUT2D eigenvalue weighted by Gasteiger charge is 2.21. The van der Waals surface area contributed by atoms with Crippen molar-refractivity contribution >= 4 is 34.0 Å². The first kappa shape index (κ1) is 24.5. The van der Waals surface area contributed by atoms with Crippen molar-refractivity contribution in [2.24, 2.45) is 0 Å². The summed E-state index contributed by atoms with van der Waals surface area (Å²) >= 11 is 0. The maximum absolute atomic E-state index is 12.8. The maximum atomic E-state index is 12.8. The molecule has 4 aromatic rings. The van der Waals surface area contributed by atoms with E-state index >= 15 is 0 Å². The van der Waals surface area contributed by atoms with Gasteiger partial charge in [0.25, 0.3) is 5.91 Å². The molecule has 5 rings (SSSR count). The molecule has 7 nitrogen and oxygen atoms in total. The number of fused-ring (bicyclic) bond motifs is 1. The van der Waals surface area contributed by atoms with Crippen LogP contribution in [0.5, 0.6) is 0 Å². The maximum Gasteiger partial charge on any atom is 0.337 e. The molecule has 2 N–H and O–H groups in total. The van der Waals surface area contributed by atoms with Crippen LogP contribution in [0.2, 0.25) is 0 Å². The van der Waals surface area contributed by atoms with Gasteiger partial charge in [0.1, 0.15) is 0 Å². The zero-order valence-electron chi connectivity index (χ0n) is 20.8. The highest BCUT2D eigenvalue weighted by atomic mass is 16.5. The molecule has 1 aliphatic heterocycles. The second-order valence-corrected chi connectivity index (χ2v) is 9.35. The second kappa shape index (κ2) is 11.2. The van der Waals surface area contributed by atoms with Gasteiger partial charge in [0, 0.05) is 59.2 Å².